The van der Waals surface area contributed by atoms with Gasteiger partial charge in [-0.2, -0.15) is 0 Å². The molecule has 0 spiro atoms. The van der Waals surface area contributed by atoms with E-state index in [2.05, 4.69) is 13.2 Å². The molecule has 0 radical (unpaired) electrons. The van der Waals surface area contributed by atoms with Crippen LogP contribution in [0.2, 0.25) is 0 Å². The summed E-state index contributed by atoms with van der Waals surface area (Å²) in [6.07, 6.45) is 2.51. The van der Waals surface area contributed by atoms with Gasteiger partial charge in [0.25, 0.3) is 0 Å². The van der Waals surface area contributed by atoms with Crippen LogP contribution < -0.4 is 4.74 Å². The van der Waals surface area contributed by atoms with Crippen molar-refractivity contribution in [3.05, 3.63) is 55.3 Å². The van der Waals surface area contributed by atoms with Crippen LogP contribution in [-0.2, 0) is 20.9 Å². The Balaban J connectivity index is 2.35. The van der Waals surface area contributed by atoms with Crippen molar-refractivity contribution >= 4 is 5.97 Å². The number of hydrogen-bond donors (Lipinski definition) is 0. The second-order valence-corrected chi connectivity index (χ2v) is 3.34. The molecule has 0 aliphatic carbocycles. The molecule has 0 atom stereocenters. The van der Waals surface area contributed by atoms with E-state index in [1.165, 1.54) is 6.26 Å². The van der Waals surface area contributed by atoms with Crippen molar-refractivity contribution in [2.45, 2.75) is 6.61 Å². The lowest BCUT2D eigenvalue weighted by molar-refractivity contribution is -0.138. The van der Waals surface area contributed by atoms with Crippen molar-refractivity contribution in [3.8, 4) is 5.75 Å². The minimum Gasteiger partial charge on any atom is -0.498 e. The van der Waals surface area contributed by atoms with Crippen molar-refractivity contribution in [1.82, 2.24) is 0 Å². The predicted octanol–water partition coefficient (Wildman–Crippen LogP) is 2.45. The molecule has 0 bridgehead atoms. The van der Waals surface area contributed by atoms with Crippen molar-refractivity contribution < 1.29 is 19.0 Å². The van der Waals surface area contributed by atoms with Crippen LogP contribution in [0.5, 0.6) is 5.75 Å². The maximum atomic E-state index is 10.9. The van der Waals surface area contributed by atoms with Gasteiger partial charge in [0.15, 0.2) is 0 Å². The fraction of sp³-hybridized carbons (Fsp3) is 0.214. The highest BCUT2D eigenvalue weighted by Gasteiger charge is 1.99. The lowest BCUT2D eigenvalue weighted by atomic mass is 10.2. The fourth-order valence-corrected chi connectivity index (χ4v) is 1.19. The van der Waals surface area contributed by atoms with E-state index in [9.17, 15) is 4.79 Å². The number of carbonyl (C=O) groups is 1. The molecule has 0 saturated carbocycles. The van der Waals surface area contributed by atoms with Crippen LogP contribution in [0.1, 0.15) is 5.56 Å². The predicted molar refractivity (Wildman–Crippen MR) is 68.1 cm³/mol. The minimum absolute atomic E-state index is 0.227. The molecule has 0 N–H and O–H groups in total. The third kappa shape index (κ3) is 5.21. The normalized spacial score (nSPS) is 9.33. The average Bonchev–Trinajstić information content (AvgIpc) is 2.42. The summed E-state index contributed by atoms with van der Waals surface area (Å²) in [7, 11) is 0. The zero-order chi connectivity index (χ0) is 13.2. The van der Waals surface area contributed by atoms with Crippen LogP contribution in [0.3, 0.4) is 0 Å². The summed E-state index contributed by atoms with van der Waals surface area (Å²) >= 11 is 0. The Morgan fingerprint density at radius 3 is 2.50 bits per heavy atom. The first-order valence-electron chi connectivity index (χ1n) is 5.49. The van der Waals surface area contributed by atoms with Gasteiger partial charge in [-0.3, -0.25) is 0 Å². The van der Waals surface area contributed by atoms with Gasteiger partial charge in [0, 0.05) is 6.08 Å². The standard InChI is InChI=1S/C14H16O4/c1-3-14(15)18-11-12-5-7-13(8-6-12)17-10-9-16-4-2/h3-8H,1-2,9-11H2. The van der Waals surface area contributed by atoms with Crippen molar-refractivity contribution in [2.24, 2.45) is 0 Å². The molecule has 0 aliphatic heterocycles. The summed E-state index contributed by atoms with van der Waals surface area (Å²) < 4.78 is 15.2. The Bertz CT molecular complexity index is 395. The second-order valence-electron chi connectivity index (χ2n) is 3.34. The van der Waals surface area contributed by atoms with E-state index in [4.69, 9.17) is 14.2 Å². The zero-order valence-electron chi connectivity index (χ0n) is 10.1. The Kier molecular flexibility index (Phi) is 6.11. The van der Waals surface area contributed by atoms with Crippen molar-refractivity contribution in [3.63, 3.8) is 0 Å². The van der Waals surface area contributed by atoms with E-state index in [1.54, 1.807) is 0 Å². The highest BCUT2D eigenvalue weighted by molar-refractivity contribution is 5.81. The highest BCUT2D eigenvalue weighted by atomic mass is 16.5. The maximum absolute atomic E-state index is 10.9. The van der Waals surface area contributed by atoms with Gasteiger partial charge in [0.05, 0.1) is 6.26 Å². The summed E-state index contributed by atoms with van der Waals surface area (Å²) in [6.45, 7) is 7.90. The average molecular weight is 248 g/mol. The lowest BCUT2D eigenvalue weighted by Crippen LogP contribution is -2.04. The van der Waals surface area contributed by atoms with Gasteiger partial charge in [0.2, 0.25) is 0 Å². The Morgan fingerprint density at radius 2 is 1.89 bits per heavy atom. The monoisotopic (exact) mass is 248 g/mol. The van der Waals surface area contributed by atoms with Crippen LogP contribution in [0.4, 0.5) is 0 Å². The molecule has 96 valence electrons. The molecule has 0 aromatic heterocycles. The molecule has 1 rings (SSSR count). The molecule has 18 heavy (non-hydrogen) atoms. The van der Waals surface area contributed by atoms with E-state index >= 15 is 0 Å². The van der Waals surface area contributed by atoms with Gasteiger partial charge >= 0.3 is 5.97 Å². The molecule has 0 aliphatic rings. The van der Waals surface area contributed by atoms with E-state index in [1.807, 2.05) is 24.3 Å². The van der Waals surface area contributed by atoms with Gasteiger partial charge in [-0.05, 0) is 17.7 Å². The van der Waals surface area contributed by atoms with Gasteiger partial charge in [-0.1, -0.05) is 25.3 Å². The molecule has 0 unspecified atom stereocenters. The summed E-state index contributed by atoms with van der Waals surface area (Å²) in [4.78, 5) is 10.9. The van der Waals surface area contributed by atoms with Crippen LogP contribution in [0.25, 0.3) is 0 Å². The summed E-state index contributed by atoms with van der Waals surface area (Å²) in [6, 6.07) is 7.29. The topological polar surface area (TPSA) is 44.8 Å². The van der Waals surface area contributed by atoms with Crippen LogP contribution in [0.15, 0.2) is 49.8 Å². The van der Waals surface area contributed by atoms with Gasteiger partial charge < -0.3 is 14.2 Å². The first kappa shape index (κ1) is 13.8. The molecule has 0 amide bonds. The number of esters is 1. The maximum Gasteiger partial charge on any atom is 0.330 e. The van der Waals surface area contributed by atoms with E-state index in [0.717, 1.165) is 17.4 Å². The number of benzene rings is 1. The number of ether oxygens (including phenoxy) is 3. The number of hydrogen-bond acceptors (Lipinski definition) is 4. The molecule has 0 fully saturated rings. The quantitative estimate of drug-likeness (QED) is 0.307. The zero-order valence-corrected chi connectivity index (χ0v) is 10.1. The Morgan fingerprint density at radius 1 is 1.17 bits per heavy atom. The molecule has 1 aromatic rings. The SMILES string of the molecule is C=COCCOc1ccc(COC(=O)C=C)cc1. The van der Waals surface area contributed by atoms with Gasteiger partial charge in [0.1, 0.15) is 25.6 Å². The van der Waals surface area contributed by atoms with Gasteiger partial charge in [-0.25, -0.2) is 4.79 Å². The summed E-state index contributed by atoms with van der Waals surface area (Å²) in [5.41, 5.74) is 0.889. The smallest absolute Gasteiger partial charge is 0.330 e. The van der Waals surface area contributed by atoms with Crippen molar-refractivity contribution in [2.75, 3.05) is 13.2 Å². The van der Waals surface area contributed by atoms with E-state index in [-0.39, 0.29) is 6.61 Å². The molecule has 1 aromatic carbocycles. The first-order valence-corrected chi connectivity index (χ1v) is 5.49. The molecule has 4 heteroatoms. The van der Waals surface area contributed by atoms with Crippen LogP contribution >= 0.6 is 0 Å². The third-order valence-electron chi connectivity index (χ3n) is 2.06. The Labute approximate surface area is 106 Å². The fourth-order valence-electron chi connectivity index (χ4n) is 1.19. The molecular formula is C14H16O4. The number of carbonyl (C=O) groups excluding carboxylic acids is 1. The number of rotatable bonds is 8. The van der Waals surface area contributed by atoms with Gasteiger partial charge in [-0.15, -0.1) is 0 Å². The molecule has 0 saturated heterocycles. The first-order chi connectivity index (χ1) is 8.76. The van der Waals surface area contributed by atoms with E-state index in [0.29, 0.717) is 13.2 Å². The van der Waals surface area contributed by atoms with E-state index < -0.39 is 5.97 Å². The third-order valence-corrected chi connectivity index (χ3v) is 2.06. The molecule has 0 heterocycles. The largest absolute Gasteiger partial charge is 0.498 e. The Hall–Kier alpha value is -2.23. The summed E-state index contributed by atoms with van der Waals surface area (Å²) in [5, 5.41) is 0. The molecule has 4 nitrogen and oxygen atoms in total. The van der Waals surface area contributed by atoms with Crippen molar-refractivity contribution in [1.29, 1.82) is 0 Å². The highest BCUT2D eigenvalue weighted by Crippen LogP contribution is 2.12. The van der Waals surface area contributed by atoms with Crippen LogP contribution in [-0.4, -0.2) is 19.2 Å². The lowest BCUT2D eigenvalue weighted by Gasteiger charge is -2.07. The molecular weight excluding hydrogens is 232 g/mol. The van der Waals surface area contributed by atoms with Crippen LogP contribution in [0, 0.1) is 0 Å². The second kappa shape index (κ2) is 7.95. The summed E-state index contributed by atoms with van der Waals surface area (Å²) in [5.74, 6) is 0.304. The minimum atomic E-state index is -0.433.